The number of rotatable bonds is 3. The third-order valence-corrected chi connectivity index (χ3v) is 5.77. The molecule has 1 aromatic heterocycles. The molecule has 2 aromatic rings. The summed E-state index contributed by atoms with van der Waals surface area (Å²) < 4.78 is 4.93. The molecule has 1 N–H and O–H groups in total. The second-order valence-corrected chi connectivity index (χ2v) is 7.02. The number of hydrogen-bond acceptors (Lipinski definition) is 3. The summed E-state index contributed by atoms with van der Waals surface area (Å²) in [6.07, 6.45) is 4.17. The number of H-pyrrole nitrogens is 1. The van der Waals surface area contributed by atoms with Crippen LogP contribution >= 0.6 is 0 Å². The van der Waals surface area contributed by atoms with Crippen LogP contribution in [0, 0.1) is 5.41 Å². The van der Waals surface area contributed by atoms with Crippen molar-refractivity contribution in [2.45, 2.75) is 31.7 Å². The van der Waals surface area contributed by atoms with Gasteiger partial charge in [0.2, 0.25) is 5.91 Å². The van der Waals surface area contributed by atoms with Crippen molar-refractivity contribution in [3.63, 3.8) is 0 Å². The number of piperidine rings is 1. The zero-order valence-electron chi connectivity index (χ0n) is 14.4. The monoisotopic (exact) mass is 338 g/mol. The summed E-state index contributed by atoms with van der Waals surface area (Å²) >= 11 is 0. The SMILES string of the molecule is C=C[C@@]1(CC(=O)OC)CCCN2C(=O)Cc3c([nH]c4ccccc34)[C@H]21. The molecule has 3 heterocycles. The maximum Gasteiger partial charge on any atom is 0.306 e. The van der Waals surface area contributed by atoms with Crippen LogP contribution in [-0.4, -0.2) is 35.4 Å². The average molecular weight is 338 g/mol. The van der Waals surface area contributed by atoms with Crippen molar-refractivity contribution < 1.29 is 14.3 Å². The number of methoxy groups -OCH3 is 1. The van der Waals surface area contributed by atoms with E-state index in [1.165, 1.54) is 7.11 Å². The van der Waals surface area contributed by atoms with Crippen molar-refractivity contribution >= 4 is 22.8 Å². The second-order valence-electron chi connectivity index (χ2n) is 7.02. The van der Waals surface area contributed by atoms with E-state index >= 15 is 0 Å². The molecule has 0 saturated carbocycles. The average Bonchev–Trinajstić information content (AvgIpc) is 3.00. The van der Waals surface area contributed by atoms with Crippen molar-refractivity contribution in [2.24, 2.45) is 5.41 Å². The van der Waals surface area contributed by atoms with E-state index in [0.717, 1.165) is 41.5 Å². The Morgan fingerprint density at radius 3 is 3.04 bits per heavy atom. The zero-order chi connectivity index (χ0) is 17.6. The van der Waals surface area contributed by atoms with Gasteiger partial charge in [0.25, 0.3) is 0 Å². The molecule has 2 aliphatic rings. The number of amides is 1. The highest BCUT2D eigenvalue weighted by molar-refractivity contribution is 5.92. The normalized spacial score (nSPS) is 25.4. The van der Waals surface area contributed by atoms with Gasteiger partial charge >= 0.3 is 5.97 Å². The Labute approximate surface area is 146 Å². The largest absolute Gasteiger partial charge is 0.469 e. The second kappa shape index (κ2) is 5.76. The summed E-state index contributed by atoms with van der Waals surface area (Å²) in [6, 6.07) is 7.86. The van der Waals surface area contributed by atoms with Gasteiger partial charge in [0, 0.05) is 28.6 Å². The van der Waals surface area contributed by atoms with Crippen molar-refractivity contribution in [2.75, 3.05) is 13.7 Å². The molecule has 0 radical (unpaired) electrons. The molecule has 130 valence electrons. The van der Waals surface area contributed by atoms with E-state index in [0.29, 0.717) is 6.42 Å². The molecule has 1 amide bonds. The topological polar surface area (TPSA) is 62.4 Å². The molecule has 25 heavy (non-hydrogen) atoms. The predicted molar refractivity (Wildman–Crippen MR) is 95.0 cm³/mol. The van der Waals surface area contributed by atoms with Gasteiger partial charge in [-0.2, -0.15) is 0 Å². The molecule has 5 nitrogen and oxygen atoms in total. The maximum atomic E-state index is 12.9. The Bertz CT molecular complexity index is 869. The van der Waals surface area contributed by atoms with Crippen LogP contribution in [0.2, 0.25) is 0 Å². The number of hydrogen-bond donors (Lipinski definition) is 1. The van der Waals surface area contributed by atoms with Crippen LogP contribution in [-0.2, 0) is 20.7 Å². The number of aromatic amines is 1. The summed E-state index contributed by atoms with van der Waals surface area (Å²) in [6.45, 7) is 4.74. The number of esters is 1. The van der Waals surface area contributed by atoms with Crippen LogP contribution in [0.3, 0.4) is 0 Å². The Balaban J connectivity index is 1.91. The van der Waals surface area contributed by atoms with Gasteiger partial charge < -0.3 is 14.6 Å². The quantitative estimate of drug-likeness (QED) is 0.691. The van der Waals surface area contributed by atoms with E-state index in [1.54, 1.807) is 0 Å². The number of aromatic nitrogens is 1. The lowest BCUT2D eigenvalue weighted by atomic mass is 9.67. The smallest absolute Gasteiger partial charge is 0.306 e. The number of benzene rings is 1. The van der Waals surface area contributed by atoms with Gasteiger partial charge in [0.05, 0.1) is 26.0 Å². The Kier molecular flexibility index (Phi) is 3.67. The summed E-state index contributed by atoms with van der Waals surface area (Å²) in [4.78, 5) is 30.4. The van der Waals surface area contributed by atoms with Crippen molar-refractivity contribution in [1.29, 1.82) is 0 Å². The summed E-state index contributed by atoms with van der Waals surface area (Å²) in [5, 5.41) is 1.09. The van der Waals surface area contributed by atoms with Crippen molar-refractivity contribution in [3.05, 3.63) is 48.2 Å². The molecular weight excluding hydrogens is 316 g/mol. The minimum Gasteiger partial charge on any atom is -0.469 e. The molecule has 0 spiro atoms. The molecule has 0 unspecified atom stereocenters. The van der Waals surface area contributed by atoms with Crippen LogP contribution in [0.4, 0.5) is 0 Å². The first-order valence-corrected chi connectivity index (χ1v) is 8.69. The highest BCUT2D eigenvalue weighted by Gasteiger charge is 2.50. The minimum absolute atomic E-state index is 0.123. The van der Waals surface area contributed by atoms with Gasteiger partial charge in [0.15, 0.2) is 0 Å². The fourth-order valence-electron chi connectivity index (χ4n) is 4.58. The molecule has 5 heteroatoms. The molecular formula is C20H22N2O3. The summed E-state index contributed by atoms with van der Waals surface area (Å²) in [7, 11) is 1.40. The fourth-order valence-corrected chi connectivity index (χ4v) is 4.58. The van der Waals surface area contributed by atoms with Gasteiger partial charge in [-0.05, 0) is 24.5 Å². The van der Waals surface area contributed by atoms with Crippen LogP contribution in [0.5, 0.6) is 0 Å². The first-order chi connectivity index (χ1) is 12.1. The van der Waals surface area contributed by atoms with E-state index < -0.39 is 5.41 Å². The molecule has 1 aromatic carbocycles. The lowest BCUT2D eigenvalue weighted by Gasteiger charge is -2.50. The highest BCUT2D eigenvalue weighted by Crippen LogP contribution is 2.52. The van der Waals surface area contributed by atoms with Gasteiger partial charge in [0.1, 0.15) is 0 Å². The molecule has 0 bridgehead atoms. The predicted octanol–water partition coefficient (Wildman–Crippen LogP) is 3.12. The third kappa shape index (κ3) is 2.29. The first-order valence-electron chi connectivity index (χ1n) is 8.69. The third-order valence-electron chi connectivity index (χ3n) is 5.77. The molecule has 1 fully saturated rings. The number of carbonyl (C=O) groups is 2. The molecule has 1 saturated heterocycles. The Morgan fingerprint density at radius 2 is 2.28 bits per heavy atom. The molecule has 4 rings (SSSR count). The fraction of sp³-hybridized carbons (Fsp3) is 0.400. The zero-order valence-corrected chi connectivity index (χ0v) is 14.4. The summed E-state index contributed by atoms with van der Waals surface area (Å²) in [5.74, 6) is -0.143. The van der Waals surface area contributed by atoms with E-state index in [1.807, 2.05) is 35.2 Å². The minimum atomic E-state index is -0.503. The number of para-hydroxylation sites is 1. The first kappa shape index (κ1) is 15.9. The highest BCUT2D eigenvalue weighted by atomic mass is 16.5. The number of carbonyl (C=O) groups excluding carboxylic acids is 2. The maximum absolute atomic E-state index is 12.9. The number of nitrogens with one attached hydrogen (secondary N) is 1. The van der Waals surface area contributed by atoms with E-state index in [2.05, 4.69) is 11.6 Å². The molecule has 2 aliphatic heterocycles. The van der Waals surface area contributed by atoms with Crippen LogP contribution < -0.4 is 0 Å². The van der Waals surface area contributed by atoms with Gasteiger partial charge in [-0.25, -0.2) is 0 Å². The molecule has 2 atom stereocenters. The van der Waals surface area contributed by atoms with Gasteiger partial charge in [-0.15, -0.1) is 6.58 Å². The van der Waals surface area contributed by atoms with Gasteiger partial charge in [-0.3, -0.25) is 9.59 Å². The summed E-state index contributed by atoms with van der Waals surface area (Å²) in [5.41, 5.74) is 2.63. The van der Waals surface area contributed by atoms with E-state index in [4.69, 9.17) is 4.74 Å². The van der Waals surface area contributed by atoms with Crippen LogP contribution in [0.25, 0.3) is 10.9 Å². The number of ether oxygens (including phenoxy) is 1. The van der Waals surface area contributed by atoms with Gasteiger partial charge in [-0.1, -0.05) is 24.3 Å². The lowest BCUT2D eigenvalue weighted by Crippen LogP contribution is -2.52. The number of fused-ring (bicyclic) bond motifs is 5. The molecule has 0 aliphatic carbocycles. The Morgan fingerprint density at radius 1 is 1.48 bits per heavy atom. The van der Waals surface area contributed by atoms with Crippen LogP contribution in [0.1, 0.15) is 36.6 Å². The standard InChI is InChI=1S/C20H22N2O3/c1-3-20(12-17(24)25-2)9-6-10-22-16(23)11-14-13-7-4-5-8-15(13)21-18(14)19(20)22/h3-5,7-8,19,21H,1,6,9-12H2,2H3/t19-,20-/m0/s1. The van der Waals surface area contributed by atoms with Crippen molar-refractivity contribution in [3.8, 4) is 0 Å². The van der Waals surface area contributed by atoms with E-state index in [9.17, 15) is 9.59 Å². The lowest BCUT2D eigenvalue weighted by molar-refractivity contribution is -0.149. The Hall–Kier alpha value is -2.56. The van der Waals surface area contributed by atoms with Crippen molar-refractivity contribution in [1.82, 2.24) is 9.88 Å². The van der Waals surface area contributed by atoms with Crippen LogP contribution in [0.15, 0.2) is 36.9 Å². The van der Waals surface area contributed by atoms with E-state index in [-0.39, 0.29) is 24.3 Å². The number of nitrogens with zero attached hydrogens (tertiary/aromatic N) is 1.